The van der Waals surface area contributed by atoms with E-state index in [0.29, 0.717) is 24.2 Å². The number of nitrogens with zero attached hydrogens (tertiary/aromatic N) is 3. The van der Waals surface area contributed by atoms with Crippen molar-refractivity contribution in [2.45, 2.75) is 33.7 Å². The lowest BCUT2D eigenvalue weighted by atomic mass is 10.0. The third-order valence-corrected chi connectivity index (χ3v) is 5.26. The van der Waals surface area contributed by atoms with Crippen molar-refractivity contribution in [2.75, 3.05) is 12.4 Å². The van der Waals surface area contributed by atoms with Gasteiger partial charge in [0.1, 0.15) is 5.82 Å². The van der Waals surface area contributed by atoms with Crippen LogP contribution in [0.1, 0.15) is 38.4 Å². The molecule has 30 heavy (non-hydrogen) atoms. The highest BCUT2D eigenvalue weighted by Crippen LogP contribution is 2.20. The monoisotopic (exact) mass is 404 g/mol. The molecule has 2 amide bonds. The molecule has 0 aliphatic heterocycles. The summed E-state index contributed by atoms with van der Waals surface area (Å²) in [6, 6.07) is 11.5. The summed E-state index contributed by atoms with van der Waals surface area (Å²) in [5.74, 6) is 0.584. The van der Waals surface area contributed by atoms with Gasteiger partial charge in [0.2, 0.25) is 5.91 Å². The molecule has 1 heterocycles. The van der Waals surface area contributed by atoms with Gasteiger partial charge in [0.25, 0.3) is 5.91 Å². The van der Waals surface area contributed by atoms with Crippen molar-refractivity contribution < 1.29 is 9.59 Å². The SMILES string of the molecule is Cc1ccc(C)c(CC(=O)Nc2cc(C(=O)N(C)Cc3nccn3C)ccc2C)c1. The number of carbonyl (C=O) groups is 2. The summed E-state index contributed by atoms with van der Waals surface area (Å²) >= 11 is 0. The van der Waals surface area contributed by atoms with Crippen LogP contribution < -0.4 is 5.32 Å². The Morgan fingerprint density at radius 2 is 1.80 bits per heavy atom. The molecule has 6 nitrogen and oxygen atoms in total. The molecule has 1 N–H and O–H groups in total. The molecule has 0 radical (unpaired) electrons. The largest absolute Gasteiger partial charge is 0.337 e. The highest BCUT2D eigenvalue weighted by atomic mass is 16.2. The predicted octanol–water partition coefficient (Wildman–Crippen LogP) is 3.80. The van der Waals surface area contributed by atoms with Crippen molar-refractivity contribution in [2.24, 2.45) is 7.05 Å². The zero-order valence-electron chi connectivity index (χ0n) is 18.2. The summed E-state index contributed by atoms with van der Waals surface area (Å²) in [5, 5.41) is 2.97. The van der Waals surface area contributed by atoms with Gasteiger partial charge in [-0.2, -0.15) is 0 Å². The van der Waals surface area contributed by atoms with Crippen LogP contribution in [0.3, 0.4) is 0 Å². The number of carbonyl (C=O) groups excluding carboxylic acids is 2. The van der Waals surface area contributed by atoms with Crippen LogP contribution in [-0.4, -0.2) is 33.3 Å². The first-order chi connectivity index (χ1) is 14.2. The van der Waals surface area contributed by atoms with E-state index in [9.17, 15) is 9.59 Å². The standard InChI is InChI=1S/C24H28N4O2/c1-16-6-7-17(2)20(12-16)14-23(29)26-21-13-19(9-8-18(21)3)24(30)28(5)15-22-25-10-11-27(22)4/h6-13H,14-15H2,1-5H3,(H,26,29). The summed E-state index contributed by atoms with van der Waals surface area (Å²) in [7, 11) is 3.64. The summed E-state index contributed by atoms with van der Waals surface area (Å²) in [5.41, 5.74) is 5.32. The molecule has 0 unspecified atom stereocenters. The molecule has 6 heteroatoms. The van der Waals surface area contributed by atoms with Crippen molar-refractivity contribution in [3.63, 3.8) is 0 Å². The second-order valence-corrected chi connectivity index (χ2v) is 7.80. The normalized spacial score (nSPS) is 10.7. The zero-order valence-corrected chi connectivity index (χ0v) is 18.2. The van der Waals surface area contributed by atoms with E-state index in [1.807, 2.05) is 62.8 Å². The first kappa shape index (κ1) is 21.3. The maximum Gasteiger partial charge on any atom is 0.254 e. The molecule has 0 saturated heterocycles. The fourth-order valence-electron chi connectivity index (χ4n) is 3.30. The van der Waals surface area contributed by atoms with Gasteiger partial charge in [-0.25, -0.2) is 4.98 Å². The number of aromatic nitrogens is 2. The first-order valence-corrected chi connectivity index (χ1v) is 9.93. The molecule has 0 spiro atoms. The predicted molar refractivity (Wildman–Crippen MR) is 118 cm³/mol. The Bertz CT molecular complexity index is 1080. The fourth-order valence-corrected chi connectivity index (χ4v) is 3.30. The molecular formula is C24H28N4O2. The van der Waals surface area contributed by atoms with E-state index < -0.39 is 0 Å². The maximum atomic E-state index is 12.9. The Morgan fingerprint density at radius 3 is 2.50 bits per heavy atom. The van der Waals surface area contributed by atoms with Crippen molar-refractivity contribution in [1.82, 2.24) is 14.5 Å². The van der Waals surface area contributed by atoms with Crippen LogP contribution in [0.4, 0.5) is 5.69 Å². The number of hydrogen-bond donors (Lipinski definition) is 1. The second-order valence-electron chi connectivity index (χ2n) is 7.80. The van der Waals surface area contributed by atoms with Crippen LogP contribution in [0.5, 0.6) is 0 Å². The van der Waals surface area contributed by atoms with E-state index in [1.54, 1.807) is 30.3 Å². The number of amides is 2. The van der Waals surface area contributed by atoms with Crippen LogP contribution >= 0.6 is 0 Å². The third-order valence-electron chi connectivity index (χ3n) is 5.26. The van der Waals surface area contributed by atoms with Crippen LogP contribution in [0.2, 0.25) is 0 Å². The van der Waals surface area contributed by atoms with Crippen LogP contribution in [-0.2, 0) is 24.8 Å². The minimum Gasteiger partial charge on any atom is -0.337 e. The molecule has 0 saturated carbocycles. The summed E-state index contributed by atoms with van der Waals surface area (Å²) in [6.45, 7) is 6.34. The molecule has 156 valence electrons. The summed E-state index contributed by atoms with van der Waals surface area (Å²) < 4.78 is 1.89. The Balaban J connectivity index is 1.72. The Hall–Kier alpha value is -3.41. The van der Waals surface area contributed by atoms with Crippen LogP contribution in [0, 0.1) is 20.8 Å². The number of nitrogens with one attached hydrogen (secondary N) is 1. The lowest BCUT2D eigenvalue weighted by Crippen LogP contribution is -2.27. The molecule has 0 aliphatic rings. The van der Waals surface area contributed by atoms with Gasteiger partial charge in [-0.15, -0.1) is 0 Å². The summed E-state index contributed by atoms with van der Waals surface area (Å²) in [4.78, 5) is 31.4. The van der Waals surface area contributed by atoms with Gasteiger partial charge in [-0.05, 0) is 49.6 Å². The summed E-state index contributed by atoms with van der Waals surface area (Å²) in [6.07, 6.45) is 3.86. The molecule has 2 aromatic carbocycles. The Morgan fingerprint density at radius 1 is 1.07 bits per heavy atom. The Labute approximate surface area is 177 Å². The van der Waals surface area contributed by atoms with E-state index >= 15 is 0 Å². The van der Waals surface area contributed by atoms with Gasteiger partial charge in [0, 0.05) is 37.7 Å². The number of imidazole rings is 1. The van der Waals surface area contributed by atoms with E-state index in [2.05, 4.69) is 10.3 Å². The van der Waals surface area contributed by atoms with Crippen molar-refractivity contribution in [3.05, 3.63) is 82.4 Å². The van der Waals surface area contributed by atoms with Crippen molar-refractivity contribution >= 4 is 17.5 Å². The molecule has 0 fully saturated rings. The fraction of sp³-hybridized carbons (Fsp3) is 0.292. The topological polar surface area (TPSA) is 67.2 Å². The van der Waals surface area contributed by atoms with E-state index in [4.69, 9.17) is 0 Å². The van der Waals surface area contributed by atoms with Crippen LogP contribution in [0.25, 0.3) is 0 Å². The van der Waals surface area contributed by atoms with E-state index in [0.717, 1.165) is 28.1 Å². The minimum absolute atomic E-state index is 0.0993. The number of hydrogen-bond acceptors (Lipinski definition) is 3. The Kier molecular flexibility index (Phi) is 6.35. The average molecular weight is 405 g/mol. The molecular weight excluding hydrogens is 376 g/mol. The molecule has 0 bridgehead atoms. The smallest absolute Gasteiger partial charge is 0.254 e. The molecule has 0 atom stereocenters. The number of anilines is 1. The quantitative estimate of drug-likeness (QED) is 0.680. The third kappa shape index (κ3) is 4.95. The van der Waals surface area contributed by atoms with E-state index in [1.165, 1.54) is 0 Å². The van der Waals surface area contributed by atoms with E-state index in [-0.39, 0.29) is 11.8 Å². The second kappa shape index (κ2) is 8.95. The highest BCUT2D eigenvalue weighted by molar-refractivity contribution is 5.98. The van der Waals surface area contributed by atoms with Crippen molar-refractivity contribution in [1.29, 1.82) is 0 Å². The zero-order chi connectivity index (χ0) is 21.8. The van der Waals surface area contributed by atoms with Gasteiger partial charge < -0.3 is 14.8 Å². The van der Waals surface area contributed by atoms with Gasteiger partial charge in [0.05, 0.1) is 13.0 Å². The average Bonchev–Trinajstić information content (AvgIpc) is 3.10. The molecule has 3 rings (SSSR count). The minimum atomic E-state index is -0.122. The maximum absolute atomic E-state index is 12.9. The van der Waals surface area contributed by atoms with Crippen LogP contribution in [0.15, 0.2) is 48.8 Å². The first-order valence-electron chi connectivity index (χ1n) is 9.93. The molecule has 1 aromatic heterocycles. The highest BCUT2D eigenvalue weighted by Gasteiger charge is 2.16. The van der Waals surface area contributed by atoms with Gasteiger partial charge in [-0.3, -0.25) is 9.59 Å². The van der Waals surface area contributed by atoms with Gasteiger partial charge in [-0.1, -0.05) is 29.8 Å². The van der Waals surface area contributed by atoms with Gasteiger partial charge in [0.15, 0.2) is 0 Å². The lowest BCUT2D eigenvalue weighted by Gasteiger charge is -2.18. The molecule has 3 aromatic rings. The molecule has 0 aliphatic carbocycles. The number of benzene rings is 2. The number of aryl methyl sites for hydroxylation is 4. The lowest BCUT2D eigenvalue weighted by molar-refractivity contribution is -0.115. The number of rotatable bonds is 6. The van der Waals surface area contributed by atoms with Gasteiger partial charge >= 0.3 is 0 Å². The van der Waals surface area contributed by atoms with Crippen molar-refractivity contribution in [3.8, 4) is 0 Å².